The molecule has 0 saturated heterocycles. The zero-order valence-electron chi connectivity index (χ0n) is 8.82. The van der Waals surface area contributed by atoms with Gasteiger partial charge < -0.3 is 5.73 Å². The fraction of sp³-hybridized carbons (Fsp3) is 0.462. The first-order valence-corrected chi connectivity index (χ1v) is 5.56. The molecule has 0 aromatic heterocycles. The Bertz CT molecular complexity index is 372. The number of benzene rings is 1. The molecule has 0 amide bonds. The minimum absolute atomic E-state index is 0.0380. The number of nitrogens with zero attached hydrogens (tertiary/aromatic N) is 1. The van der Waals surface area contributed by atoms with Crippen molar-refractivity contribution in [3.63, 3.8) is 0 Å². The van der Waals surface area contributed by atoms with Crippen molar-refractivity contribution >= 4 is 5.69 Å². The summed E-state index contributed by atoms with van der Waals surface area (Å²) in [6, 6.07) is 10.2. The van der Waals surface area contributed by atoms with E-state index in [-0.39, 0.29) is 5.92 Å². The Hall–Kier alpha value is -1.49. The molecule has 0 heterocycles. The largest absolute Gasteiger partial charge is 0.399 e. The number of hydrogen-bond donors (Lipinski definition) is 1. The summed E-state index contributed by atoms with van der Waals surface area (Å²) in [5, 5.41) is 9.24. The van der Waals surface area contributed by atoms with Gasteiger partial charge in [-0.1, -0.05) is 25.0 Å². The van der Waals surface area contributed by atoms with E-state index in [9.17, 15) is 5.26 Å². The fourth-order valence-electron chi connectivity index (χ4n) is 2.50. The lowest BCUT2D eigenvalue weighted by atomic mass is 9.86. The first-order valence-electron chi connectivity index (χ1n) is 5.56. The summed E-state index contributed by atoms with van der Waals surface area (Å²) >= 11 is 0. The molecule has 2 rings (SSSR count). The highest BCUT2D eigenvalue weighted by Crippen LogP contribution is 2.37. The van der Waals surface area contributed by atoms with E-state index in [0.717, 1.165) is 11.3 Å². The second kappa shape index (κ2) is 4.35. The lowest BCUT2D eigenvalue weighted by Gasteiger charge is -2.16. The van der Waals surface area contributed by atoms with Gasteiger partial charge in [-0.2, -0.15) is 5.26 Å². The molecule has 2 N–H and O–H groups in total. The number of nitrogen functional groups attached to an aromatic ring is 1. The molecule has 1 aliphatic carbocycles. The standard InChI is InChI=1S/C13H16N2/c14-9-13(10-4-1-2-5-10)11-6-3-7-12(15)8-11/h3,6-8,10,13H,1-2,4-5,15H2. The van der Waals surface area contributed by atoms with Crippen molar-refractivity contribution in [3.8, 4) is 6.07 Å². The third-order valence-electron chi connectivity index (χ3n) is 3.28. The number of hydrogen-bond acceptors (Lipinski definition) is 2. The third kappa shape index (κ3) is 2.12. The number of nitrogens with two attached hydrogens (primary N) is 1. The number of anilines is 1. The van der Waals surface area contributed by atoms with Crippen LogP contribution in [-0.4, -0.2) is 0 Å². The Kier molecular flexibility index (Phi) is 2.91. The van der Waals surface area contributed by atoms with Crippen molar-refractivity contribution in [3.05, 3.63) is 29.8 Å². The van der Waals surface area contributed by atoms with E-state index >= 15 is 0 Å². The van der Waals surface area contributed by atoms with Gasteiger partial charge in [0.05, 0.1) is 12.0 Å². The molecule has 0 radical (unpaired) electrons. The molecule has 0 aliphatic heterocycles. The molecule has 2 heteroatoms. The van der Waals surface area contributed by atoms with E-state index in [1.807, 2.05) is 24.3 Å². The molecule has 1 saturated carbocycles. The Morgan fingerprint density at radius 3 is 2.67 bits per heavy atom. The van der Waals surface area contributed by atoms with Crippen LogP contribution in [0.25, 0.3) is 0 Å². The maximum Gasteiger partial charge on any atom is 0.0741 e. The first-order chi connectivity index (χ1) is 7.31. The zero-order valence-corrected chi connectivity index (χ0v) is 8.82. The monoisotopic (exact) mass is 200 g/mol. The Morgan fingerprint density at radius 1 is 1.33 bits per heavy atom. The molecule has 15 heavy (non-hydrogen) atoms. The molecular formula is C13H16N2. The number of nitriles is 1. The highest BCUT2D eigenvalue weighted by atomic mass is 14.5. The highest BCUT2D eigenvalue weighted by molar-refractivity contribution is 5.43. The second-order valence-corrected chi connectivity index (χ2v) is 4.32. The van der Waals surface area contributed by atoms with Crippen LogP contribution in [0.2, 0.25) is 0 Å². The van der Waals surface area contributed by atoms with Gasteiger partial charge in [-0.3, -0.25) is 0 Å². The van der Waals surface area contributed by atoms with E-state index in [2.05, 4.69) is 6.07 Å². The fourth-order valence-corrected chi connectivity index (χ4v) is 2.50. The van der Waals surface area contributed by atoms with Crippen molar-refractivity contribution < 1.29 is 0 Å². The number of rotatable bonds is 2. The predicted molar refractivity (Wildman–Crippen MR) is 61.2 cm³/mol. The lowest BCUT2D eigenvalue weighted by molar-refractivity contribution is 0.501. The quantitative estimate of drug-likeness (QED) is 0.746. The van der Waals surface area contributed by atoms with Crippen molar-refractivity contribution in [2.75, 3.05) is 5.73 Å². The van der Waals surface area contributed by atoms with E-state index in [4.69, 9.17) is 5.73 Å². The van der Waals surface area contributed by atoms with E-state index in [0.29, 0.717) is 5.92 Å². The average Bonchev–Trinajstić information content (AvgIpc) is 2.72. The van der Waals surface area contributed by atoms with Gasteiger partial charge in [-0.15, -0.1) is 0 Å². The Labute approximate surface area is 90.7 Å². The molecule has 78 valence electrons. The maximum absolute atomic E-state index is 9.24. The van der Waals surface area contributed by atoms with Crippen LogP contribution in [0.4, 0.5) is 5.69 Å². The summed E-state index contributed by atoms with van der Waals surface area (Å²) in [4.78, 5) is 0. The van der Waals surface area contributed by atoms with Gasteiger partial charge in [0.25, 0.3) is 0 Å². The summed E-state index contributed by atoms with van der Waals surface area (Å²) in [6.45, 7) is 0. The molecule has 1 aromatic rings. The summed E-state index contributed by atoms with van der Waals surface area (Å²) in [5.74, 6) is 0.577. The van der Waals surface area contributed by atoms with Crippen LogP contribution in [0.15, 0.2) is 24.3 Å². The summed E-state index contributed by atoms with van der Waals surface area (Å²) in [5.41, 5.74) is 7.58. The van der Waals surface area contributed by atoms with Gasteiger partial charge in [0.1, 0.15) is 0 Å². The molecule has 1 atom stereocenters. The van der Waals surface area contributed by atoms with Crippen LogP contribution in [0.1, 0.15) is 37.2 Å². The van der Waals surface area contributed by atoms with Gasteiger partial charge in [0.2, 0.25) is 0 Å². The predicted octanol–water partition coefficient (Wildman–Crippen LogP) is 3.07. The minimum atomic E-state index is 0.0380. The molecule has 1 fully saturated rings. The minimum Gasteiger partial charge on any atom is -0.399 e. The average molecular weight is 200 g/mol. The first kappa shape index (κ1) is 10.0. The van der Waals surface area contributed by atoms with Gasteiger partial charge in [0.15, 0.2) is 0 Å². The van der Waals surface area contributed by atoms with Crippen LogP contribution < -0.4 is 5.73 Å². The van der Waals surface area contributed by atoms with Gasteiger partial charge >= 0.3 is 0 Å². The smallest absolute Gasteiger partial charge is 0.0741 e. The lowest BCUT2D eigenvalue weighted by Crippen LogP contribution is -2.07. The van der Waals surface area contributed by atoms with Gasteiger partial charge in [0, 0.05) is 5.69 Å². The summed E-state index contributed by atoms with van der Waals surface area (Å²) in [7, 11) is 0. The SMILES string of the molecule is N#CC(c1cccc(N)c1)C1CCCC1. The Balaban J connectivity index is 2.23. The van der Waals surface area contributed by atoms with Gasteiger partial charge in [-0.25, -0.2) is 0 Å². The van der Waals surface area contributed by atoms with Crippen molar-refractivity contribution in [2.45, 2.75) is 31.6 Å². The third-order valence-corrected chi connectivity index (χ3v) is 3.28. The molecule has 0 spiro atoms. The normalized spacial score (nSPS) is 18.6. The molecule has 2 nitrogen and oxygen atoms in total. The van der Waals surface area contributed by atoms with Crippen LogP contribution in [0.5, 0.6) is 0 Å². The van der Waals surface area contributed by atoms with Crippen LogP contribution in [0.3, 0.4) is 0 Å². The molecular weight excluding hydrogens is 184 g/mol. The topological polar surface area (TPSA) is 49.8 Å². The van der Waals surface area contributed by atoms with Crippen molar-refractivity contribution in [1.82, 2.24) is 0 Å². The summed E-state index contributed by atoms with van der Waals surface area (Å²) in [6.07, 6.45) is 4.91. The summed E-state index contributed by atoms with van der Waals surface area (Å²) < 4.78 is 0. The zero-order chi connectivity index (χ0) is 10.7. The van der Waals surface area contributed by atoms with Crippen LogP contribution >= 0.6 is 0 Å². The molecule has 1 unspecified atom stereocenters. The van der Waals surface area contributed by atoms with Crippen molar-refractivity contribution in [1.29, 1.82) is 5.26 Å². The van der Waals surface area contributed by atoms with Crippen LogP contribution in [0, 0.1) is 17.2 Å². The van der Waals surface area contributed by atoms with E-state index in [1.54, 1.807) is 0 Å². The van der Waals surface area contributed by atoms with Crippen molar-refractivity contribution in [2.24, 2.45) is 5.92 Å². The molecule has 0 bridgehead atoms. The van der Waals surface area contributed by atoms with Crippen LogP contribution in [-0.2, 0) is 0 Å². The highest BCUT2D eigenvalue weighted by Gasteiger charge is 2.26. The van der Waals surface area contributed by atoms with E-state index in [1.165, 1.54) is 25.7 Å². The molecule has 1 aromatic carbocycles. The molecule has 1 aliphatic rings. The van der Waals surface area contributed by atoms with Gasteiger partial charge in [-0.05, 0) is 36.5 Å². The Morgan fingerprint density at radius 2 is 2.07 bits per heavy atom. The van der Waals surface area contributed by atoms with E-state index < -0.39 is 0 Å². The second-order valence-electron chi connectivity index (χ2n) is 4.32. The maximum atomic E-state index is 9.24.